The van der Waals surface area contributed by atoms with Crippen molar-refractivity contribution in [1.29, 1.82) is 0 Å². The molecule has 5 heteroatoms. The van der Waals surface area contributed by atoms with Gasteiger partial charge < -0.3 is 15.5 Å². The molecule has 0 spiro atoms. The average molecular weight is 249 g/mol. The number of anilines is 2. The van der Waals surface area contributed by atoms with Crippen LogP contribution in [0.3, 0.4) is 0 Å². The van der Waals surface area contributed by atoms with Gasteiger partial charge in [0.1, 0.15) is 18.0 Å². The first-order chi connectivity index (χ1) is 8.69. The van der Waals surface area contributed by atoms with Crippen LogP contribution in [0.1, 0.15) is 26.7 Å². The normalized spacial score (nSPS) is 20.2. The molecule has 1 saturated heterocycles. The first-order valence-electron chi connectivity index (χ1n) is 6.70. The highest BCUT2D eigenvalue weighted by molar-refractivity contribution is 5.49. The number of likely N-dealkylation sites (N-methyl/N-ethyl adjacent to an activating group) is 1. The summed E-state index contributed by atoms with van der Waals surface area (Å²) in [5.74, 6) is 1.93. The Balaban J connectivity index is 2.07. The molecule has 5 nitrogen and oxygen atoms in total. The molecule has 100 valence electrons. The molecule has 0 aliphatic carbocycles. The van der Waals surface area contributed by atoms with Crippen molar-refractivity contribution in [3.05, 3.63) is 12.4 Å². The van der Waals surface area contributed by atoms with Crippen molar-refractivity contribution in [2.45, 2.75) is 38.8 Å². The number of nitrogens with zero attached hydrogens (tertiary/aromatic N) is 3. The molecule has 1 aliphatic rings. The van der Waals surface area contributed by atoms with E-state index < -0.39 is 0 Å². The molecule has 1 aliphatic heterocycles. The van der Waals surface area contributed by atoms with E-state index in [9.17, 15) is 0 Å². The van der Waals surface area contributed by atoms with E-state index in [1.807, 2.05) is 13.1 Å². The predicted octanol–water partition coefficient (Wildman–Crippen LogP) is 1.49. The average Bonchev–Trinajstić information content (AvgIpc) is 2.38. The Morgan fingerprint density at radius 3 is 2.94 bits per heavy atom. The third-order valence-corrected chi connectivity index (χ3v) is 3.24. The minimum absolute atomic E-state index is 0.388. The van der Waals surface area contributed by atoms with Gasteiger partial charge in [-0.2, -0.15) is 0 Å². The van der Waals surface area contributed by atoms with Gasteiger partial charge in [-0.25, -0.2) is 9.97 Å². The molecule has 2 rings (SSSR count). The van der Waals surface area contributed by atoms with Crippen LogP contribution in [-0.2, 0) is 0 Å². The summed E-state index contributed by atoms with van der Waals surface area (Å²) in [6, 6.07) is 2.99. The molecule has 1 aromatic rings. The lowest BCUT2D eigenvalue weighted by Gasteiger charge is -2.33. The van der Waals surface area contributed by atoms with Gasteiger partial charge in [-0.15, -0.1) is 0 Å². The molecule has 0 aromatic carbocycles. The first kappa shape index (κ1) is 13.1. The number of aromatic nitrogens is 2. The molecule has 0 bridgehead atoms. The second kappa shape index (κ2) is 6.00. The lowest BCUT2D eigenvalue weighted by Crippen LogP contribution is -2.44. The maximum atomic E-state index is 4.39. The van der Waals surface area contributed by atoms with E-state index in [-0.39, 0.29) is 0 Å². The highest BCUT2D eigenvalue weighted by Gasteiger charge is 2.19. The molecule has 1 atom stereocenters. The zero-order chi connectivity index (χ0) is 13.0. The van der Waals surface area contributed by atoms with Crippen LogP contribution in [0.5, 0.6) is 0 Å². The fourth-order valence-electron chi connectivity index (χ4n) is 2.32. The molecule has 0 saturated carbocycles. The van der Waals surface area contributed by atoms with Crippen molar-refractivity contribution in [3.63, 3.8) is 0 Å². The van der Waals surface area contributed by atoms with Crippen LogP contribution in [0.15, 0.2) is 12.4 Å². The van der Waals surface area contributed by atoms with Gasteiger partial charge in [0.2, 0.25) is 0 Å². The van der Waals surface area contributed by atoms with E-state index >= 15 is 0 Å². The Bertz CT molecular complexity index is 379. The van der Waals surface area contributed by atoms with Crippen LogP contribution < -0.4 is 15.5 Å². The molecule has 1 aromatic heterocycles. The van der Waals surface area contributed by atoms with Crippen molar-refractivity contribution >= 4 is 11.6 Å². The number of hydrogen-bond acceptors (Lipinski definition) is 5. The molecule has 1 unspecified atom stereocenters. The first-order valence-corrected chi connectivity index (χ1v) is 6.70. The Labute approximate surface area is 109 Å². The van der Waals surface area contributed by atoms with Crippen molar-refractivity contribution < 1.29 is 0 Å². The zero-order valence-electron chi connectivity index (χ0n) is 11.5. The minimum atomic E-state index is 0.388. The molecular formula is C13H23N5. The van der Waals surface area contributed by atoms with Gasteiger partial charge in [-0.3, -0.25) is 0 Å². The summed E-state index contributed by atoms with van der Waals surface area (Å²) in [6.07, 6.45) is 4.10. The monoisotopic (exact) mass is 249 g/mol. The van der Waals surface area contributed by atoms with Gasteiger partial charge in [0.25, 0.3) is 0 Å². The standard InChI is InChI=1S/C13H23N5/c1-10(2)17-12-7-13(16-9-15-12)18-6-4-5-11(8-18)14-3/h7,9-11,14H,4-6,8H2,1-3H3,(H,15,16,17). The Kier molecular flexibility index (Phi) is 4.36. The summed E-state index contributed by atoms with van der Waals surface area (Å²) in [5.41, 5.74) is 0. The van der Waals surface area contributed by atoms with Crippen LogP contribution in [0, 0.1) is 0 Å². The summed E-state index contributed by atoms with van der Waals surface area (Å²) in [6.45, 7) is 6.32. The van der Waals surface area contributed by atoms with Crippen LogP contribution in [0.25, 0.3) is 0 Å². The van der Waals surface area contributed by atoms with Crippen molar-refractivity contribution in [2.24, 2.45) is 0 Å². The second-order valence-electron chi connectivity index (χ2n) is 5.13. The summed E-state index contributed by atoms with van der Waals surface area (Å²) in [4.78, 5) is 11.0. The lowest BCUT2D eigenvalue weighted by molar-refractivity contribution is 0.447. The topological polar surface area (TPSA) is 53.1 Å². The van der Waals surface area contributed by atoms with Gasteiger partial charge in [0, 0.05) is 31.2 Å². The summed E-state index contributed by atoms with van der Waals surface area (Å²) >= 11 is 0. The van der Waals surface area contributed by atoms with Gasteiger partial charge >= 0.3 is 0 Å². The molecule has 0 radical (unpaired) electrons. The number of rotatable bonds is 4. The third-order valence-electron chi connectivity index (χ3n) is 3.24. The van der Waals surface area contributed by atoms with Crippen LogP contribution in [0.2, 0.25) is 0 Å². The molecule has 2 N–H and O–H groups in total. The number of hydrogen-bond donors (Lipinski definition) is 2. The van der Waals surface area contributed by atoms with Gasteiger partial charge in [-0.1, -0.05) is 0 Å². The lowest BCUT2D eigenvalue weighted by atomic mass is 10.1. The quantitative estimate of drug-likeness (QED) is 0.846. The van der Waals surface area contributed by atoms with Crippen molar-refractivity contribution in [2.75, 3.05) is 30.4 Å². The third kappa shape index (κ3) is 3.32. The van der Waals surface area contributed by atoms with Gasteiger partial charge in [0.05, 0.1) is 0 Å². The largest absolute Gasteiger partial charge is 0.368 e. The zero-order valence-corrected chi connectivity index (χ0v) is 11.5. The summed E-state index contributed by atoms with van der Waals surface area (Å²) in [7, 11) is 2.03. The Morgan fingerprint density at radius 1 is 1.39 bits per heavy atom. The minimum Gasteiger partial charge on any atom is -0.368 e. The Hall–Kier alpha value is -1.36. The molecule has 1 fully saturated rings. The highest BCUT2D eigenvalue weighted by Crippen LogP contribution is 2.19. The van der Waals surface area contributed by atoms with Crippen molar-refractivity contribution in [1.82, 2.24) is 15.3 Å². The maximum Gasteiger partial charge on any atom is 0.134 e. The maximum absolute atomic E-state index is 4.39. The molecule has 0 amide bonds. The fourth-order valence-corrected chi connectivity index (χ4v) is 2.32. The van der Waals surface area contributed by atoms with E-state index in [0.717, 1.165) is 24.7 Å². The van der Waals surface area contributed by atoms with Crippen LogP contribution in [-0.4, -0.2) is 42.2 Å². The van der Waals surface area contributed by atoms with Crippen LogP contribution >= 0.6 is 0 Å². The van der Waals surface area contributed by atoms with E-state index in [4.69, 9.17) is 0 Å². The summed E-state index contributed by atoms with van der Waals surface area (Å²) < 4.78 is 0. The second-order valence-corrected chi connectivity index (χ2v) is 5.13. The van der Waals surface area contributed by atoms with Gasteiger partial charge in [0.15, 0.2) is 0 Å². The van der Waals surface area contributed by atoms with Crippen LogP contribution in [0.4, 0.5) is 11.6 Å². The molecular weight excluding hydrogens is 226 g/mol. The Morgan fingerprint density at radius 2 is 2.22 bits per heavy atom. The summed E-state index contributed by atoms with van der Waals surface area (Å²) in [5, 5.41) is 6.67. The number of nitrogens with one attached hydrogen (secondary N) is 2. The fraction of sp³-hybridized carbons (Fsp3) is 0.692. The van der Waals surface area contributed by atoms with Crippen molar-refractivity contribution in [3.8, 4) is 0 Å². The van der Waals surface area contributed by atoms with E-state index in [0.29, 0.717) is 12.1 Å². The molecule has 2 heterocycles. The van der Waals surface area contributed by atoms with E-state index in [2.05, 4.69) is 39.3 Å². The van der Waals surface area contributed by atoms with Gasteiger partial charge in [-0.05, 0) is 33.7 Å². The predicted molar refractivity (Wildman–Crippen MR) is 75.1 cm³/mol. The van der Waals surface area contributed by atoms with E-state index in [1.165, 1.54) is 12.8 Å². The number of piperidine rings is 1. The SMILES string of the molecule is CNC1CCCN(c2cc(NC(C)C)ncn2)C1. The van der Waals surface area contributed by atoms with E-state index in [1.54, 1.807) is 6.33 Å². The highest BCUT2D eigenvalue weighted by atomic mass is 15.2. The molecule has 18 heavy (non-hydrogen) atoms. The smallest absolute Gasteiger partial charge is 0.134 e.